The van der Waals surface area contributed by atoms with Crippen LogP contribution >= 0.6 is 11.6 Å². The van der Waals surface area contributed by atoms with Gasteiger partial charge in [0.1, 0.15) is 0 Å². The molecule has 1 atom stereocenters. The summed E-state index contributed by atoms with van der Waals surface area (Å²) in [5, 5.41) is 6.28. The minimum atomic E-state index is -0.255. The first-order valence-corrected chi connectivity index (χ1v) is 9.34. The Balaban J connectivity index is 2.05. The first kappa shape index (κ1) is 21.6. The van der Waals surface area contributed by atoms with Gasteiger partial charge in [-0.2, -0.15) is 0 Å². The van der Waals surface area contributed by atoms with Crippen molar-refractivity contribution in [2.24, 2.45) is 0 Å². The van der Waals surface area contributed by atoms with E-state index in [9.17, 15) is 9.59 Å². The molecule has 0 aliphatic rings. The van der Waals surface area contributed by atoms with Gasteiger partial charge in [-0.1, -0.05) is 23.7 Å². The van der Waals surface area contributed by atoms with E-state index in [1.165, 1.54) is 7.11 Å². The van der Waals surface area contributed by atoms with Crippen molar-refractivity contribution in [1.29, 1.82) is 0 Å². The molecule has 7 heteroatoms. The Hall–Kier alpha value is -2.73. The molecule has 2 amide bonds. The number of benzene rings is 2. The van der Waals surface area contributed by atoms with E-state index in [-0.39, 0.29) is 30.5 Å². The molecule has 2 aromatic carbocycles. The maximum absolute atomic E-state index is 12.6. The molecule has 2 N–H and O–H groups in total. The van der Waals surface area contributed by atoms with Crippen molar-refractivity contribution in [3.63, 3.8) is 0 Å². The summed E-state index contributed by atoms with van der Waals surface area (Å²) in [5.74, 6) is 0.283. The maximum atomic E-state index is 12.6. The van der Waals surface area contributed by atoms with Crippen LogP contribution in [0.3, 0.4) is 0 Å². The smallest absolute Gasteiger partial charge is 0.258 e. The van der Waals surface area contributed by atoms with E-state index in [1.807, 2.05) is 39.0 Å². The molecule has 0 aromatic heterocycles. The second-order valence-corrected chi connectivity index (χ2v) is 7.06. The summed E-state index contributed by atoms with van der Waals surface area (Å²) in [6.07, 6.45) is 0. The van der Waals surface area contributed by atoms with Gasteiger partial charge in [-0.05, 0) is 56.7 Å². The second-order valence-electron chi connectivity index (χ2n) is 6.63. The highest BCUT2D eigenvalue weighted by molar-refractivity contribution is 6.30. The third-order valence-corrected chi connectivity index (χ3v) is 4.17. The van der Waals surface area contributed by atoms with Crippen LogP contribution in [0.1, 0.15) is 42.7 Å². The summed E-state index contributed by atoms with van der Waals surface area (Å²) in [4.78, 5) is 24.3. The zero-order valence-corrected chi connectivity index (χ0v) is 17.2. The van der Waals surface area contributed by atoms with Gasteiger partial charge < -0.3 is 20.1 Å². The van der Waals surface area contributed by atoms with Crippen molar-refractivity contribution in [3.8, 4) is 11.5 Å². The van der Waals surface area contributed by atoms with Crippen LogP contribution in [0, 0.1) is 0 Å². The number of methoxy groups -OCH3 is 1. The quantitative estimate of drug-likeness (QED) is 0.702. The number of halogens is 1. The zero-order chi connectivity index (χ0) is 20.7. The molecule has 2 aromatic rings. The SMILES string of the molecule is COc1cc(C(=O)NC(C)c2cccc(Cl)c2)ccc1OCC(=O)NC(C)C. The molecule has 1 unspecified atom stereocenters. The number of ether oxygens (including phenoxy) is 2. The van der Waals surface area contributed by atoms with Crippen LogP contribution in [-0.2, 0) is 4.79 Å². The average Bonchev–Trinajstić information content (AvgIpc) is 2.65. The van der Waals surface area contributed by atoms with Gasteiger partial charge >= 0.3 is 0 Å². The largest absolute Gasteiger partial charge is 0.493 e. The number of carbonyl (C=O) groups excluding carboxylic acids is 2. The maximum Gasteiger partial charge on any atom is 0.258 e. The lowest BCUT2D eigenvalue weighted by atomic mass is 10.1. The van der Waals surface area contributed by atoms with Gasteiger partial charge in [0.15, 0.2) is 18.1 Å². The Bertz CT molecular complexity index is 839. The van der Waals surface area contributed by atoms with Gasteiger partial charge in [-0.15, -0.1) is 0 Å². The van der Waals surface area contributed by atoms with Gasteiger partial charge in [0.05, 0.1) is 13.2 Å². The molecule has 150 valence electrons. The highest BCUT2D eigenvalue weighted by atomic mass is 35.5. The zero-order valence-electron chi connectivity index (χ0n) is 16.4. The van der Waals surface area contributed by atoms with E-state index in [0.717, 1.165) is 5.56 Å². The second kappa shape index (κ2) is 9.99. The fourth-order valence-electron chi connectivity index (χ4n) is 2.57. The van der Waals surface area contributed by atoms with Crippen LogP contribution in [0.15, 0.2) is 42.5 Å². The van der Waals surface area contributed by atoms with E-state index in [4.69, 9.17) is 21.1 Å². The fourth-order valence-corrected chi connectivity index (χ4v) is 2.77. The summed E-state index contributed by atoms with van der Waals surface area (Å²) < 4.78 is 10.8. The Morgan fingerprint density at radius 3 is 2.43 bits per heavy atom. The number of hydrogen-bond donors (Lipinski definition) is 2. The summed E-state index contributed by atoms with van der Waals surface area (Å²) in [6.45, 7) is 5.49. The lowest BCUT2D eigenvalue weighted by Gasteiger charge is -2.16. The highest BCUT2D eigenvalue weighted by Gasteiger charge is 2.15. The predicted molar refractivity (Wildman–Crippen MR) is 109 cm³/mol. The standard InChI is InChI=1S/C21H25ClN2O4/c1-13(2)23-20(25)12-28-18-9-8-16(11-19(18)27-4)21(26)24-14(3)15-6-5-7-17(22)10-15/h5-11,13-14H,12H2,1-4H3,(H,23,25)(H,24,26). The van der Waals surface area contributed by atoms with Crippen molar-refractivity contribution in [1.82, 2.24) is 10.6 Å². The molecular weight excluding hydrogens is 380 g/mol. The van der Waals surface area contributed by atoms with Gasteiger partial charge in [-0.3, -0.25) is 9.59 Å². The Kier molecular flexibility index (Phi) is 7.70. The van der Waals surface area contributed by atoms with Crippen molar-refractivity contribution < 1.29 is 19.1 Å². The molecule has 0 aliphatic heterocycles. The van der Waals surface area contributed by atoms with E-state index < -0.39 is 0 Å². The molecule has 0 spiro atoms. The Labute approximate surface area is 170 Å². The van der Waals surface area contributed by atoms with Crippen molar-refractivity contribution >= 4 is 23.4 Å². The molecule has 0 fully saturated rings. The van der Waals surface area contributed by atoms with Crippen molar-refractivity contribution in [3.05, 3.63) is 58.6 Å². The van der Waals surface area contributed by atoms with Crippen LogP contribution < -0.4 is 20.1 Å². The van der Waals surface area contributed by atoms with Crippen LogP contribution in [-0.4, -0.2) is 31.6 Å². The fraction of sp³-hybridized carbons (Fsp3) is 0.333. The van der Waals surface area contributed by atoms with Crippen LogP contribution in [0.2, 0.25) is 5.02 Å². The number of nitrogens with one attached hydrogen (secondary N) is 2. The Morgan fingerprint density at radius 1 is 1.04 bits per heavy atom. The molecular formula is C21H25ClN2O4. The summed E-state index contributed by atoms with van der Waals surface area (Å²) >= 11 is 6.01. The first-order chi connectivity index (χ1) is 13.3. The molecule has 6 nitrogen and oxygen atoms in total. The number of carbonyl (C=O) groups is 2. The number of amides is 2. The number of rotatable bonds is 8. The minimum absolute atomic E-state index is 0.0329. The van der Waals surface area contributed by atoms with E-state index >= 15 is 0 Å². The minimum Gasteiger partial charge on any atom is -0.493 e. The molecule has 0 heterocycles. The van der Waals surface area contributed by atoms with Gasteiger partial charge in [0.2, 0.25) is 0 Å². The average molecular weight is 405 g/mol. The van der Waals surface area contributed by atoms with Gasteiger partial charge in [0, 0.05) is 16.6 Å². The lowest BCUT2D eigenvalue weighted by molar-refractivity contribution is -0.123. The normalized spacial score (nSPS) is 11.6. The third kappa shape index (κ3) is 6.16. The van der Waals surface area contributed by atoms with Crippen LogP contribution in [0.5, 0.6) is 11.5 Å². The van der Waals surface area contributed by atoms with Crippen molar-refractivity contribution in [2.45, 2.75) is 32.9 Å². The summed E-state index contributed by atoms with van der Waals surface area (Å²) in [5.41, 5.74) is 1.33. The van der Waals surface area contributed by atoms with Crippen molar-refractivity contribution in [2.75, 3.05) is 13.7 Å². The summed E-state index contributed by atoms with van der Waals surface area (Å²) in [7, 11) is 1.48. The molecule has 28 heavy (non-hydrogen) atoms. The van der Waals surface area contributed by atoms with Gasteiger partial charge in [0.25, 0.3) is 11.8 Å². The lowest BCUT2D eigenvalue weighted by Crippen LogP contribution is -2.34. The molecule has 0 saturated carbocycles. The van der Waals surface area contributed by atoms with Crippen LogP contribution in [0.25, 0.3) is 0 Å². The van der Waals surface area contributed by atoms with Gasteiger partial charge in [-0.25, -0.2) is 0 Å². The van der Waals surface area contributed by atoms with Crippen LogP contribution in [0.4, 0.5) is 0 Å². The summed E-state index contributed by atoms with van der Waals surface area (Å²) in [6, 6.07) is 12.0. The Morgan fingerprint density at radius 2 is 1.79 bits per heavy atom. The third-order valence-electron chi connectivity index (χ3n) is 3.93. The predicted octanol–water partition coefficient (Wildman–Crippen LogP) is 3.74. The van der Waals surface area contributed by atoms with E-state index in [0.29, 0.717) is 22.1 Å². The molecule has 0 aliphatic carbocycles. The molecule has 2 rings (SSSR count). The monoisotopic (exact) mass is 404 g/mol. The van der Waals surface area contributed by atoms with E-state index in [2.05, 4.69) is 10.6 Å². The van der Waals surface area contributed by atoms with E-state index in [1.54, 1.807) is 24.3 Å². The molecule has 0 radical (unpaired) electrons. The highest BCUT2D eigenvalue weighted by Crippen LogP contribution is 2.28. The molecule has 0 bridgehead atoms. The topological polar surface area (TPSA) is 76.7 Å². The molecule has 0 saturated heterocycles. The number of hydrogen-bond acceptors (Lipinski definition) is 4. The first-order valence-electron chi connectivity index (χ1n) is 8.96.